The average molecular weight is 493 g/mol. The van der Waals surface area contributed by atoms with Crippen molar-refractivity contribution in [1.82, 2.24) is 15.1 Å². The number of aromatic nitrogens is 2. The predicted molar refractivity (Wildman–Crippen MR) is 143 cm³/mol. The third-order valence-electron chi connectivity index (χ3n) is 5.86. The molecule has 4 aromatic rings. The minimum atomic E-state index is -0.507. The summed E-state index contributed by atoms with van der Waals surface area (Å²) in [5.41, 5.74) is 3.70. The second kappa shape index (κ2) is 11.9. The molecule has 0 fully saturated rings. The summed E-state index contributed by atoms with van der Waals surface area (Å²) in [6, 6.07) is 16.7. The molecule has 0 radical (unpaired) electrons. The van der Waals surface area contributed by atoms with E-state index in [0.717, 1.165) is 23.2 Å². The molecule has 3 aromatic carbocycles. The van der Waals surface area contributed by atoms with Crippen LogP contribution in [-0.4, -0.2) is 29.2 Å². The molecule has 0 amide bonds. The first-order valence-corrected chi connectivity index (χ1v) is 12.4. The molecule has 1 aromatic heterocycles. The molecule has 2 N–H and O–H groups in total. The van der Waals surface area contributed by atoms with Crippen molar-refractivity contribution in [2.24, 2.45) is 0 Å². The fourth-order valence-corrected chi connectivity index (χ4v) is 4.58. The number of rotatable bonds is 4. The smallest absolute Gasteiger partial charge is 0.272 e. The summed E-state index contributed by atoms with van der Waals surface area (Å²) in [7, 11) is 4.02. The van der Waals surface area contributed by atoms with Crippen LogP contribution in [0.5, 0.6) is 0 Å². The Labute approximate surface area is 211 Å². The molecule has 2 unspecified atom stereocenters. The van der Waals surface area contributed by atoms with Crippen LogP contribution < -0.4 is 10.9 Å². The predicted octanol–water partition coefficient (Wildman–Crippen LogP) is 6.61. The van der Waals surface area contributed by atoms with Crippen molar-refractivity contribution >= 4 is 16.5 Å². The minimum absolute atomic E-state index is 0.254. The zero-order valence-corrected chi connectivity index (χ0v) is 21.7. The van der Waals surface area contributed by atoms with Crippen LogP contribution >= 0.6 is 0 Å². The molecule has 2 atom stereocenters. The molecule has 0 bridgehead atoms. The van der Waals surface area contributed by atoms with Gasteiger partial charge in [0.1, 0.15) is 11.6 Å². The van der Waals surface area contributed by atoms with E-state index in [1.807, 2.05) is 53.9 Å². The molecule has 190 valence electrons. The highest BCUT2D eigenvalue weighted by Gasteiger charge is 2.35. The van der Waals surface area contributed by atoms with Gasteiger partial charge in [0.25, 0.3) is 5.56 Å². The van der Waals surface area contributed by atoms with Gasteiger partial charge < -0.3 is 10.2 Å². The molecule has 5 nitrogen and oxygen atoms in total. The van der Waals surface area contributed by atoms with E-state index >= 15 is 0 Å². The van der Waals surface area contributed by atoms with E-state index in [0.29, 0.717) is 16.8 Å². The van der Waals surface area contributed by atoms with Crippen molar-refractivity contribution in [2.45, 2.75) is 46.2 Å². The maximum absolute atomic E-state index is 14.3. The lowest BCUT2D eigenvalue weighted by Gasteiger charge is -2.35. The Hall–Kier alpha value is -3.58. The van der Waals surface area contributed by atoms with E-state index in [-0.39, 0.29) is 23.2 Å². The van der Waals surface area contributed by atoms with Crippen LogP contribution in [0, 0.1) is 11.6 Å². The summed E-state index contributed by atoms with van der Waals surface area (Å²) in [6.07, 6.45) is 0. The zero-order valence-electron chi connectivity index (χ0n) is 21.7. The number of benzene rings is 3. The van der Waals surface area contributed by atoms with E-state index in [1.165, 1.54) is 24.3 Å². The Morgan fingerprint density at radius 1 is 0.889 bits per heavy atom. The third-order valence-corrected chi connectivity index (χ3v) is 5.86. The van der Waals surface area contributed by atoms with E-state index in [4.69, 9.17) is 0 Å². The number of hydrogen-bond acceptors (Lipinski definition) is 4. The molecule has 7 heteroatoms. The van der Waals surface area contributed by atoms with Gasteiger partial charge in [-0.15, -0.1) is 0 Å². The molecule has 0 saturated carbocycles. The number of H-pyrrole nitrogens is 1. The topological polar surface area (TPSA) is 61.0 Å². The van der Waals surface area contributed by atoms with Crippen LogP contribution in [0.15, 0.2) is 65.5 Å². The van der Waals surface area contributed by atoms with Gasteiger partial charge >= 0.3 is 0 Å². The van der Waals surface area contributed by atoms with E-state index in [1.54, 1.807) is 12.1 Å². The van der Waals surface area contributed by atoms with Crippen molar-refractivity contribution in [3.63, 3.8) is 0 Å². The van der Waals surface area contributed by atoms with Crippen molar-refractivity contribution < 1.29 is 8.78 Å². The van der Waals surface area contributed by atoms with Crippen molar-refractivity contribution in [3.8, 4) is 0 Å². The van der Waals surface area contributed by atoms with Crippen molar-refractivity contribution in [2.75, 3.05) is 19.4 Å². The summed E-state index contributed by atoms with van der Waals surface area (Å²) in [6.45, 7) is 8.77. The van der Waals surface area contributed by atoms with Gasteiger partial charge in [-0.1, -0.05) is 64.1 Å². The number of hydrogen-bond donors (Lipinski definition) is 2. The molecule has 5 rings (SSSR count). The van der Waals surface area contributed by atoms with Gasteiger partial charge in [0.05, 0.1) is 23.0 Å². The van der Waals surface area contributed by atoms with Crippen LogP contribution in [0.4, 0.5) is 14.5 Å². The van der Waals surface area contributed by atoms with Crippen LogP contribution in [-0.2, 0) is 6.54 Å². The Morgan fingerprint density at radius 2 is 1.58 bits per heavy atom. The SMILES string of the molecule is CC.CC.CN(C)Cc1cccc(C2c3n[nH]c(=O)c4cc(F)cc(c34)NC2c2ccc(F)cc2)c1. The normalized spacial score (nSPS) is 15.9. The van der Waals surface area contributed by atoms with Gasteiger partial charge in [0.2, 0.25) is 0 Å². The lowest BCUT2D eigenvalue weighted by Crippen LogP contribution is -2.28. The van der Waals surface area contributed by atoms with Gasteiger partial charge in [0, 0.05) is 17.6 Å². The molecule has 2 heterocycles. The number of halogens is 2. The maximum atomic E-state index is 14.3. The van der Waals surface area contributed by atoms with Crippen LogP contribution in [0.3, 0.4) is 0 Å². The largest absolute Gasteiger partial charge is 0.377 e. The Kier molecular flexibility index (Phi) is 8.93. The third kappa shape index (κ3) is 5.46. The summed E-state index contributed by atoms with van der Waals surface area (Å²) < 4.78 is 28.0. The van der Waals surface area contributed by atoms with Crippen LogP contribution in [0.1, 0.15) is 62.0 Å². The molecule has 0 saturated heterocycles. The van der Waals surface area contributed by atoms with Gasteiger partial charge in [-0.25, -0.2) is 13.9 Å². The standard InChI is InChI=1S/C25H22F2N4O.2C2H6/c1-31(2)13-14-4-3-5-16(10-14)21-23(15-6-8-17(26)9-7-15)28-20-12-18(27)11-19-22(20)24(21)29-30-25(19)32;2*1-2/h3-12,21,23,28H,13H2,1-2H3,(H,30,32);2*1-2H3. The molecular weight excluding hydrogens is 458 g/mol. The first-order valence-electron chi connectivity index (χ1n) is 12.4. The number of aromatic amines is 1. The molecular formula is C29H34F2N4O. The molecule has 1 aliphatic heterocycles. The minimum Gasteiger partial charge on any atom is -0.377 e. The monoisotopic (exact) mass is 492 g/mol. The Balaban J connectivity index is 0.000000861. The van der Waals surface area contributed by atoms with Crippen molar-refractivity contribution in [3.05, 3.63) is 105 Å². The van der Waals surface area contributed by atoms with Gasteiger partial charge in [-0.3, -0.25) is 4.79 Å². The molecule has 0 spiro atoms. The number of nitrogens with zero attached hydrogens (tertiary/aromatic N) is 2. The molecule has 36 heavy (non-hydrogen) atoms. The van der Waals surface area contributed by atoms with E-state index in [9.17, 15) is 13.6 Å². The highest BCUT2D eigenvalue weighted by molar-refractivity contribution is 5.97. The maximum Gasteiger partial charge on any atom is 0.272 e. The fourth-order valence-electron chi connectivity index (χ4n) is 4.58. The van der Waals surface area contributed by atoms with Crippen LogP contribution in [0.2, 0.25) is 0 Å². The number of anilines is 1. The highest BCUT2D eigenvalue weighted by atomic mass is 19.1. The quantitative estimate of drug-likeness (QED) is 0.336. The Morgan fingerprint density at radius 3 is 2.25 bits per heavy atom. The fraction of sp³-hybridized carbons (Fsp3) is 0.310. The Bertz CT molecular complexity index is 1370. The lowest BCUT2D eigenvalue weighted by atomic mass is 9.79. The van der Waals surface area contributed by atoms with Crippen LogP contribution in [0.25, 0.3) is 10.8 Å². The van der Waals surface area contributed by atoms with E-state index < -0.39 is 11.4 Å². The molecule has 1 aliphatic rings. The summed E-state index contributed by atoms with van der Waals surface area (Å²) in [5.74, 6) is -1.11. The first kappa shape index (κ1) is 27.0. The van der Waals surface area contributed by atoms with Gasteiger partial charge in [-0.2, -0.15) is 5.10 Å². The number of nitrogens with one attached hydrogen (secondary N) is 2. The second-order valence-electron chi connectivity index (χ2n) is 8.45. The molecule has 0 aliphatic carbocycles. The van der Waals surface area contributed by atoms with Gasteiger partial charge in [0.15, 0.2) is 0 Å². The van der Waals surface area contributed by atoms with Gasteiger partial charge in [-0.05, 0) is 55.1 Å². The second-order valence-corrected chi connectivity index (χ2v) is 8.45. The zero-order chi connectivity index (χ0) is 26.4. The van der Waals surface area contributed by atoms with E-state index in [2.05, 4.69) is 32.5 Å². The summed E-state index contributed by atoms with van der Waals surface area (Å²) in [5, 5.41) is 11.2. The average Bonchev–Trinajstić information content (AvgIpc) is 2.88. The summed E-state index contributed by atoms with van der Waals surface area (Å²) >= 11 is 0. The highest BCUT2D eigenvalue weighted by Crippen LogP contribution is 2.46. The summed E-state index contributed by atoms with van der Waals surface area (Å²) in [4.78, 5) is 14.5. The first-order chi connectivity index (χ1) is 17.4. The van der Waals surface area contributed by atoms with Crippen molar-refractivity contribution in [1.29, 1.82) is 0 Å². The lowest BCUT2D eigenvalue weighted by molar-refractivity contribution is 0.402.